The van der Waals surface area contributed by atoms with Gasteiger partial charge in [-0.1, -0.05) is 0 Å². The van der Waals surface area contributed by atoms with Crippen LogP contribution < -0.4 is 10.0 Å². The lowest BCUT2D eigenvalue weighted by molar-refractivity contribution is 0.565. The average Bonchev–Trinajstić information content (AvgIpc) is 2.42. The number of nitrogens with zero attached hydrogens (tertiary/aromatic N) is 2. The lowest BCUT2D eigenvalue weighted by Crippen LogP contribution is -2.27. The topological polar surface area (TPSA) is 76.3 Å². The molecule has 2 N–H and O–H groups in total. The molecule has 0 spiro atoms. The standard InChI is InChI=1S/C12H11BrFN3O2S/c1-17(8-3-2-4-16-7-8)20(18,19)12-6-11(15)9(13)5-10(12)14/h2-7H,15H2,1H3. The van der Waals surface area contributed by atoms with E-state index in [1.807, 2.05) is 0 Å². The van der Waals surface area contributed by atoms with Gasteiger partial charge in [-0.15, -0.1) is 0 Å². The van der Waals surface area contributed by atoms with E-state index in [0.29, 0.717) is 10.2 Å². The molecule has 0 aliphatic carbocycles. The van der Waals surface area contributed by atoms with Crippen molar-refractivity contribution in [3.8, 4) is 0 Å². The summed E-state index contributed by atoms with van der Waals surface area (Å²) in [5.41, 5.74) is 6.09. The van der Waals surface area contributed by atoms with Gasteiger partial charge in [0.1, 0.15) is 10.7 Å². The molecular weight excluding hydrogens is 349 g/mol. The van der Waals surface area contributed by atoms with E-state index < -0.39 is 20.7 Å². The Morgan fingerprint density at radius 3 is 2.70 bits per heavy atom. The second kappa shape index (κ2) is 5.37. The van der Waals surface area contributed by atoms with Crippen molar-refractivity contribution in [2.75, 3.05) is 17.1 Å². The van der Waals surface area contributed by atoms with Gasteiger partial charge in [-0.3, -0.25) is 9.29 Å². The molecule has 0 aliphatic heterocycles. The lowest BCUT2D eigenvalue weighted by Gasteiger charge is -2.19. The number of nitrogens with two attached hydrogens (primary N) is 1. The Balaban J connectivity index is 2.54. The van der Waals surface area contributed by atoms with Crippen molar-refractivity contribution in [1.29, 1.82) is 0 Å². The van der Waals surface area contributed by atoms with Crippen LogP contribution in [0.25, 0.3) is 0 Å². The highest BCUT2D eigenvalue weighted by Crippen LogP contribution is 2.29. The van der Waals surface area contributed by atoms with Crippen LogP contribution in [0.5, 0.6) is 0 Å². The molecule has 0 fully saturated rings. The van der Waals surface area contributed by atoms with Crippen LogP contribution in [-0.2, 0) is 10.0 Å². The molecule has 0 amide bonds. The van der Waals surface area contributed by atoms with Crippen molar-refractivity contribution in [2.24, 2.45) is 0 Å². The summed E-state index contributed by atoms with van der Waals surface area (Å²) in [6, 6.07) is 5.26. The monoisotopic (exact) mass is 359 g/mol. The fourth-order valence-corrected chi connectivity index (χ4v) is 3.15. The third kappa shape index (κ3) is 2.61. The molecule has 0 saturated carbocycles. The Bertz CT molecular complexity index is 738. The zero-order chi connectivity index (χ0) is 14.9. The minimum absolute atomic E-state index is 0.143. The van der Waals surface area contributed by atoms with Crippen molar-refractivity contribution >= 4 is 37.3 Å². The van der Waals surface area contributed by atoms with Gasteiger partial charge in [0.25, 0.3) is 10.0 Å². The molecule has 0 radical (unpaired) electrons. The summed E-state index contributed by atoms with van der Waals surface area (Å²) in [7, 11) is -2.72. The Kier molecular flexibility index (Phi) is 3.96. The third-order valence-electron chi connectivity index (χ3n) is 2.70. The number of aromatic nitrogens is 1. The lowest BCUT2D eigenvalue weighted by atomic mass is 10.3. The number of hydrogen-bond donors (Lipinski definition) is 1. The van der Waals surface area contributed by atoms with Crippen molar-refractivity contribution in [3.05, 3.63) is 46.9 Å². The van der Waals surface area contributed by atoms with Crippen LogP contribution in [0.15, 0.2) is 46.0 Å². The maximum absolute atomic E-state index is 13.9. The first-order valence-electron chi connectivity index (χ1n) is 5.47. The van der Waals surface area contributed by atoms with Gasteiger partial charge < -0.3 is 5.73 Å². The van der Waals surface area contributed by atoms with E-state index in [1.165, 1.54) is 19.4 Å². The molecule has 1 aromatic carbocycles. The Hall–Kier alpha value is -1.67. The summed E-state index contributed by atoms with van der Waals surface area (Å²) in [4.78, 5) is 3.35. The van der Waals surface area contributed by atoms with Crippen LogP contribution in [0.2, 0.25) is 0 Å². The van der Waals surface area contributed by atoms with Crippen LogP contribution >= 0.6 is 15.9 Å². The highest BCUT2D eigenvalue weighted by Gasteiger charge is 2.26. The van der Waals surface area contributed by atoms with Gasteiger partial charge in [-0.05, 0) is 40.2 Å². The number of rotatable bonds is 3. The van der Waals surface area contributed by atoms with Crippen LogP contribution in [0.3, 0.4) is 0 Å². The summed E-state index contributed by atoms with van der Waals surface area (Å²) in [5.74, 6) is -0.873. The van der Waals surface area contributed by atoms with Crippen LogP contribution in [0.1, 0.15) is 0 Å². The number of sulfonamides is 1. The van der Waals surface area contributed by atoms with Crippen LogP contribution in [0, 0.1) is 5.82 Å². The van der Waals surface area contributed by atoms with E-state index in [9.17, 15) is 12.8 Å². The van der Waals surface area contributed by atoms with Gasteiger partial charge in [0.05, 0.1) is 11.9 Å². The summed E-state index contributed by atoms with van der Waals surface area (Å²) in [5, 5.41) is 0. The molecule has 8 heteroatoms. The van der Waals surface area contributed by atoms with Crippen molar-refractivity contribution in [1.82, 2.24) is 4.98 Å². The predicted octanol–water partition coefficient (Wildman–Crippen LogP) is 2.39. The maximum atomic E-state index is 13.9. The van der Waals surface area contributed by atoms with Gasteiger partial charge in [-0.2, -0.15) is 0 Å². The van der Waals surface area contributed by atoms with Crippen molar-refractivity contribution in [2.45, 2.75) is 4.90 Å². The maximum Gasteiger partial charge on any atom is 0.267 e. The first-order valence-corrected chi connectivity index (χ1v) is 7.71. The minimum Gasteiger partial charge on any atom is -0.398 e. The highest BCUT2D eigenvalue weighted by molar-refractivity contribution is 9.10. The number of halogens is 2. The Morgan fingerprint density at radius 2 is 2.10 bits per heavy atom. The number of anilines is 2. The summed E-state index contributed by atoms with van der Waals surface area (Å²) >= 11 is 3.05. The molecule has 0 aliphatic rings. The fraction of sp³-hybridized carbons (Fsp3) is 0.0833. The zero-order valence-corrected chi connectivity index (χ0v) is 12.8. The van der Waals surface area contributed by atoms with Gasteiger partial charge >= 0.3 is 0 Å². The molecule has 106 valence electrons. The average molecular weight is 360 g/mol. The smallest absolute Gasteiger partial charge is 0.267 e. The molecule has 0 bridgehead atoms. The van der Waals surface area contributed by atoms with Crippen LogP contribution in [0.4, 0.5) is 15.8 Å². The highest BCUT2D eigenvalue weighted by atomic mass is 79.9. The number of nitrogen functional groups attached to an aromatic ring is 1. The van der Waals surface area contributed by atoms with E-state index in [1.54, 1.807) is 12.1 Å². The van der Waals surface area contributed by atoms with Gasteiger partial charge in [0, 0.05) is 23.4 Å². The van der Waals surface area contributed by atoms with E-state index in [4.69, 9.17) is 5.73 Å². The number of hydrogen-bond acceptors (Lipinski definition) is 4. The summed E-state index contributed by atoms with van der Waals surface area (Å²) in [6.45, 7) is 0. The number of benzene rings is 1. The molecule has 1 aromatic heterocycles. The van der Waals surface area contributed by atoms with Crippen LogP contribution in [-0.4, -0.2) is 20.4 Å². The zero-order valence-electron chi connectivity index (χ0n) is 10.4. The normalized spacial score (nSPS) is 11.3. The minimum atomic E-state index is -4.04. The largest absolute Gasteiger partial charge is 0.398 e. The molecule has 2 rings (SSSR count). The predicted molar refractivity (Wildman–Crippen MR) is 78.3 cm³/mol. The van der Waals surface area contributed by atoms with Gasteiger partial charge in [-0.25, -0.2) is 12.8 Å². The third-order valence-corrected chi connectivity index (χ3v) is 5.19. The van der Waals surface area contributed by atoms with E-state index >= 15 is 0 Å². The van der Waals surface area contributed by atoms with E-state index in [-0.39, 0.29) is 5.69 Å². The van der Waals surface area contributed by atoms with Gasteiger partial charge in [0.2, 0.25) is 0 Å². The second-order valence-corrected chi connectivity index (χ2v) is 6.78. The molecular formula is C12H11BrFN3O2S. The van der Waals surface area contributed by atoms with E-state index in [2.05, 4.69) is 20.9 Å². The second-order valence-electron chi connectivity index (χ2n) is 3.99. The summed E-state index contributed by atoms with van der Waals surface area (Å²) < 4.78 is 40.0. The fourth-order valence-electron chi connectivity index (χ4n) is 1.57. The molecule has 5 nitrogen and oxygen atoms in total. The molecule has 0 saturated heterocycles. The molecule has 0 unspecified atom stereocenters. The Morgan fingerprint density at radius 1 is 1.40 bits per heavy atom. The first kappa shape index (κ1) is 14.7. The quantitative estimate of drug-likeness (QED) is 0.853. The first-order chi connectivity index (χ1) is 9.34. The Labute approximate surface area is 124 Å². The van der Waals surface area contributed by atoms with Crippen molar-refractivity contribution in [3.63, 3.8) is 0 Å². The molecule has 2 aromatic rings. The van der Waals surface area contributed by atoms with Gasteiger partial charge in [0.15, 0.2) is 0 Å². The van der Waals surface area contributed by atoms with E-state index in [0.717, 1.165) is 16.4 Å². The molecule has 20 heavy (non-hydrogen) atoms. The number of pyridine rings is 1. The molecule has 1 heterocycles. The molecule has 0 atom stereocenters. The van der Waals surface area contributed by atoms with Crippen molar-refractivity contribution < 1.29 is 12.8 Å². The SMILES string of the molecule is CN(c1cccnc1)S(=O)(=O)c1cc(N)c(Br)cc1F. The summed E-state index contributed by atoms with van der Waals surface area (Å²) in [6.07, 6.45) is 2.89.